The number of alkyl halides is 2. The Morgan fingerprint density at radius 1 is 0.844 bits per heavy atom. The van der Waals surface area contributed by atoms with Gasteiger partial charge in [-0.25, -0.2) is 14.6 Å². The molecule has 0 fully saturated rings. The molecule has 0 saturated carbocycles. The predicted molar refractivity (Wildman–Crippen MR) is 182 cm³/mol. The largest absolute Gasteiger partial charge is 0.450 e. The molecule has 0 radical (unpaired) electrons. The van der Waals surface area contributed by atoms with E-state index in [0.717, 1.165) is 33.2 Å². The molecule has 0 aliphatic rings. The Morgan fingerprint density at radius 3 is 2.02 bits per heavy atom. The number of aromatic nitrogens is 1. The third-order valence-electron chi connectivity index (χ3n) is 7.14. The van der Waals surface area contributed by atoms with Crippen molar-refractivity contribution in [2.24, 2.45) is 5.73 Å². The highest BCUT2D eigenvalue weighted by molar-refractivity contribution is 6.18. The molecular formula is C34H33Cl2N5O4. The molecule has 9 nitrogen and oxygen atoms in total. The zero-order chi connectivity index (χ0) is 31.8. The van der Waals surface area contributed by atoms with Crippen molar-refractivity contribution in [2.75, 3.05) is 47.0 Å². The number of rotatable bonds is 12. The second kappa shape index (κ2) is 14.8. The molecule has 5 rings (SSSR count). The number of hydrogen-bond acceptors (Lipinski definition) is 7. The number of primary amides is 1. The van der Waals surface area contributed by atoms with Crippen LogP contribution >= 0.6 is 23.2 Å². The van der Waals surface area contributed by atoms with Crippen molar-refractivity contribution in [3.8, 4) is 0 Å². The smallest absolute Gasteiger partial charge is 0.411 e. The van der Waals surface area contributed by atoms with Crippen LogP contribution in [-0.2, 0) is 9.47 Å². The normalized spacial score (nSPS) is 11.6. The monoisotopic (exact) mass is 645 g/mol. The van der Waals surface area contributed by atoms with Gasteiger partial charge in [0.25, 0.3) is 0 Å². The topological polar surface area (TPSA) is 119 Å². The maximum atomic E-state index is 12.5. The summed E-state index contributed by atoms with van der Waals surface area (Å²) in [4.78, 5) is 31.5. The Bertz CT molecular complexity index is 1740. The summed E-state index contributed by atoms with van der Waals surface area (Å²) < 4.78 is 10.8. The van der Waals surface area contributed by atoms with E-state index < -0.39 is 18.3 Å². The Labute approximate surface area is 271 Å². The fourth-order valence-corrected chi connectivity index (χ4v) is 5.64. The number of anilines is 4. The van der Waals surface area contributed by atoms with E-state index in [9.17, 15) is 9.59 Å². The van der Waals surface area contributed by atoms with E-state index in [-0.39, 0.29) is 6.61 Å². The molecule has 45 heavy (non-hydrogen) atoms. The fourth-order valence-electron chi connectivity index (χ4n) is 5.23. The van der Waals surface area contributed by atoms with E-state index in [2.05, 4.69) is 15.5 Å². The lowest BCUT2D eigenvalue weighted by Crippen LogP contribution is -2.27. The molecule has 5 aromatic rings. The van der Waals surface area contributed by atoms with E-state index in [1.165, 1.54) is 0 Å². The minimum Gasteiger partial charge on any atom is -0.450 e. The summed E-state index contributed by atoms with van der Waals surface area (Å²) in [6.07, 6.45) is -2.45. The van der Waals surface area contributed by atoms with Gasteiger partial charge in [-0.15, -0.1) is 23.2 Å². The van der Waals surface area contributed by atoms with Gasteiger partial charge in [0, 0.05) is 58.2 Å². The maximum absolute atomic E-state index is 12.5. The quantitative estimate of drug-likeness (QED) is 0.0924. The van der Waals surface area contributed by atoms with Crippen molar-refractivity contribution >= 4 is 79.9 Å². The van der Waals surface area contributed by atoms with Crippen LogP contribution in [-0.4, -0.2) is 48.6 Å². The SMILES string of the molecule is CCOC(=O)Nc1cc(Nc2c3ccccc3nc3ccccc23)cc(C(OC(N)=O)c2ccc(N(CCCl)CCCl)cc2)c1. The molecule has 2 amide bonds. The lowest BCUT2D eigenvalue weighted by molar-refractivity contribution is 0.126. The molecule has 1 aromatic heterocycles. The van der Waals surface area contributed by atoms with Crippen LogP contribution in [0.1, 0.15) is 24.2 Å². The molecule has 1 atom stereocenters. The number of carbonyl (C=O) groups excluding carboxylic acids is 2. The van der Waals surface area contributed by atoms with Crippen LogP contribution in [0.4, 0.5) is 32.3 Å². The van der Waals surface area contributed by atoms with Gasteiger partial charge in [-0.2, -0.15) is 0 Å². The highest BCUT2D eigenvalue weighted by atomic mass is 35.5. The fraction of sp³-hybridized carbons (Fsp3) is 0.206. The first-order valence-electron chi connectivity index (χ1n) is 14.5. The number of nitrogens with zero attached hydrogens (tertiary/aromatic N) is 2. The Morgan fingerprint density at radius 2 is 1.44 bits per heavy atom. The van der Waals surface area contributed by atoms with Crippen molar-refractivity contribution in [3.05, 3.63) is 102 Å². The molecule has 0 aliphatic heterocycles. The van der Waals surface area contributed by atoms with Crippen LogP contribution in [0.25, 0.3) is 21.8 Å². The number of fused-ring (bicyclic) bond motifs is 2. The molecule has 0 saturated heterocycles. The molecule has 232 valence electrons. The average molecular weight is 647 g/mol. The van der Waals surface area contributed by atoms with E-state index in [4.69, 9.17) is 43.4 Å². The maximum Gasteiger partial charge on any atom is 0.411 e. The Balaban J connectivity index is 1.60. The molecule has 0 spiro atoms. The molecule has 0 bridgehead atoms. The second-order valence-electron chi connectivity index (χ2n) is 10.1. The third-order valence-corrected chi connectivity index (χ3v) is 7.48. The molecule has 1 unspecified atom stereocenters. The lowest BCUT2D eigenvalue weighted by atomic mass is 9.99. The Kier molecular flexibility index (Phi) is 10.4. The van der Waals surface area contributed by atoms with Crippen LogP contribution < -0.4 is 21.3 Å². The van der Waals surface area contributed by atoms with Gasteiger partial charge >= 0.3 is 12.2 Å². The third kappa shape index (κ3) is 7.68. The summed E-state index contributed by atoms with van der Waals surface area (Å²) in [7, 11) is 0. The highest BCUT2D eigenvalue weighted by Gasteiger charge is 2.21. The van der Waals surface area contributed by atoms with E-state index in [1.807, 2.05) is 78.9 Å². The summed E-state index contributed by atoms with van der Waals surface area (Å²) in [6, 6.07) is 28.6. The van der Waals surface area contributed by atoms with Crippen LogP contribution in [0.3, 0.4) is 0 Å². The van der Waals surface area contributed by atoms with E-state index in [1.54, 1.807) is 19.1 Å². The molecular weight excluding hydrogens is 613 g/mol. The first-order valence-corrected chi connectivity index (χ1v) is 15.5. The van der Waals surface area contributed by atoms with Crippen LogP contribution in [0.2, 0.25) is 0 Å². The zero-order valence-electron chi connectivity index (χ0n) is 24.6. The molecule has 11 heteroatoms. The number of ether oxygens (including phenoxy) is 2. The minimum atomic E-state index is -0.945. The average Bonchev–Trinajstić information content (AvgIpc) is 3.03. The first kappa shape index (κ1) is 31.7. The number of hydrogen-bond donors (Lipinski definition) is 3. The predicted octanol–water partition coefficient (Wildman–Crippen LogP) is 8.17. The summed E-state index contributed by atoms with van der Waals surface area (Å²) >= 11 is 12.0. The number of benzene rings is 4. The van der Waals surface area contributed by atoms with Crippen LogP contribution in [0, 0.1) is 0 Å². The lowest BCUT2D eigenvalue weighted by Gasteiger charge is -2.24. The van der Waals surface area contributed by atoms with Crippen molar-refractivity contribution in [3.63, 3.8) is 0 Å². The van der Waals surface area contributed by atoms with Gasteiger partial charge < -0.3 is 25.4 Å². The van der Waals surface area contributed by atoms with Gasteiger partial charge in [-0.1, -0.05) is 48.5 Å². The van der Waals surface area contributed by atoms with Gasteiger partial charge in [0.2, 0.25) is 0 Å². The van der Waals surface area contributed by atoms with Crippen molar-refractivity contribution in [1.29, 1.82) is 0 Å². The standard InChI is InChI=1S/C34H33Cl2N5O4/c1-2-44-34(43)39-25-20-23(32(45-33(37)42)22-11-13-26(14-12-22)41(17-15-35)18-16-36)19-24(21-25)38-31-27-7-3-5-9-29(27)40-30-10-6-4-8-28(30)31/h3-14,19-21,32H,2,15-18H2,1H3,(H2,37,42)(H,38,40)(H,39,43). The summed E-state index contributed by atoms with van der Waals surface area (Å²) in [5, 5.41) is 8.17. The van der Waals surface area contributed by atoms with Gasteiger partial charge in [-0.3, -0.25) is 5.32 Å². The van der Waals surface area contributed by atoms with Crippen LogP contribution in [0.15, 0.2) is 91.0 Å². The van der Waals surface area contributed by atoms with Gasteiger partial charge in [0.1, 0.15) is 0 Å². The van der Waals surface area contributed by atoms with Gasteiger partial charge in [0.05, 0.1) is 23.3 Å². The van der Waals surface area contributed by atoms with Crippen molar-refractivity contribution in [2.45, 2.75) is 13.0 Å². The van der Waals surface area contributed by atoms with Crippen LogP contribution in [0.5, 0.6) is 0 Å². The number of carbonyl (C=O) groups is 2. The second-order valence-corrected chi connectivity index (χ2v) is 10.9. The Hall–Kier alpha value is -4.73. The number of nitrogens with one attached hydrogen (secondary N) is 2. The zero-order valence-corrected chi connectivity index (χ0v) is 26.1. The van der Waals surface area contributed by atoms with Crippen molar-refractivity contribution in [1.82, 2.24) is 4.98 Å². The molecule has 4 N–H and O–H groups in total. The summed E-state index contributed by atoms with van der Waals surface area (Å²) in [5.74, 6) is 0.897. The highest BCUT2D eigenvalue weighted by Crippen LogP contribution is 2.37. The summed E-state index contributed by atoms with van der Waals surface area (Å²) in [6.45, 7) is 3.19. The first-order chi connectivity index (χ1) is 21.9. The number of nitrogens with two attached hydrogens (primary N) is 1. The number of pyridine rings is 1. The molecule has 0 aliphatic carbocycles. The summed E-state index contributed by atoms with van der Waals surface area (Å²) in [5.41, 5.74) is 11.3. The molecule has 1 heterocycles. The van der Waals surface area contributed by atoms with Gasteiger partial charge in [-0.05, 0) is 55.0 Å². The van der Waals surface area contributed by atoms with Gasteiger partial charge in [0.15, 0.2) is 6.10 Å². The van der Waals surface area contributed by atoms with Crippen molar-refractivity contribution < 1.29 is 19.1 Å². The van der Waals surface area contributed by atoms with E-state index >= 15 is 0 Å². The number of para-hydroxylation sites is 2. The minimum absolute atomic E-state index is 0.204. The molecule has 4 aromatic carbocycles. The van der Waals surface area contributed by atoms with E-state index in [0.29, 0.717) is 47.4 Å². The number of halogens is 2. The number of amides is 2.